The Balaban J connectivity index is 2.13. The molecule has 0 aromatic carbocycles. The number of pyridine rings is 1. The van der Waals surface area contributed by atoms with E-state index in [-0.39, 0.29) is 5.91 Å². The molecule has 1 aliphatic rings. The van der Waals surface area contributed by atoms with Gasteiger partial charge in [0.2, 0.25) is 5.91 Å². The lowest BCUT2D eigenvalue weighted by atomic mass is 9.82. The zero-order valence-electron chi connectivity index (χ0n) is 10.0. The average molecular weight is 325 g/mol. The van der Waals surface area contributed by atoms with E-state index in [1.165, 1.54) is 0 Å². The van der Waals surface area contributed by atoms with Gasteiger partial charge in [0.05, 0.1) is 22.0 Å². The second-order valence-corrected chi connectivity index (χ2v) is 5.19. The summed E-state index contributed by atoms with van der Waals surface area (Å²) in [4.78, 5) is 27.2. The summed E-state index contributed by atoms with van der Waals surface area (Å²) >= 11 is 3.29. The number of amides is 1. The summed E-state index contributed by atoms with van der Waals surface area (Å²) in [6.07, 6.45) is 7.65. The molecule has 2 rings (SSSR count). The molecule has 1 aromatic heterocycles. The molecule has 1 aliphatic carbocycles. The van der Waals surface area contributed by atoms with Gasteiger partial charge in [-0.05, 0) is 34.8 Å². The lowest BCUT2D eigenvalue weighted by Crippen LogP contribution is -2.34. The summed E-state index contributed by atoms with van der Waals surface area (Å²) in [5.41, 5.74) is 0.596. The summed E-state index contributed by atoms with van der Waals surface area (Å²) in [6, 6.07) is 1.66. The number of carboxylic acid groups (broad SMARTS) is 1. The van der Waals surface area contributed by atoms with Gasteiger partial charge >= 0.3 is 5.97 Å². The van der Waals surface area contributed by atoms with Gasteiger partial charge in [0.15, 0.2) is 0 Å². The van der Waals surface area contributed by atoms with Crippen molar-refractivity contribution in [3.63, 3.8) is 0 Å². The lowest BCUT2D eigenvalue weighted by molar-refractivity contribution is -0.146. The van der Waals surface area contributed by atoms with Crippen LogP contribution in [-0.4, -0.2) is 22.0 Å². The van der Waals surface area contributed by atoms with Crippen LogP contribution >= 0.6 is 15.9 Å². The van der Waals surface area contributed by atoms with Gasteiger partial charge in [-0.2, -0.15) is 0 Å². The highest BCUT2D eigenvalue weighted by Crippen LogP contribution is 2.28. The second kappa shape index (κ2) is 5.97. The number of hydrogen-bond acceptors (Lipinski definition) is 3. The summed E-state index contributed by atoms with van der Waals surface area (Å²) in [6.45, 7) is 0. The van der Waals surface area contributed by atoms with Crippen LogP contribution in [0.15, 0.2) is 35.1 Å². The number of nitrogens with zero attached hydrogens (tertiary/aromatic N) is 1. The van der Waals surface area contributed by atoms with Crippen molar-refractivity contribution in [3.05, 3.63) is 35.1 Å². The smallest absolute Gasteiger partial charge is 0.307 e. The number of carbonyl (C=O) groups excluding carboxylic acids is 1. The molecular weight excluding hydrogens is 312 g/mol. The number of halogens is 1. The Bertz CT molecular complexity index is 530. The van der Waals surface area contributed by atoms with Crippen molar-refractivity contribution in [1.29, 1.82) is 0 Å². The van der Waals surface area contributed by atoms with Crippen LogP contribution < -0.4 is 5.32 Å². The molecule has 6 heteroatoms. The first-order chi connectivity index (χ1) is 9.09. The van der Waals surface area contributed by atoms with Crippen molar-refractivity contribution in [2.75, 3.05) is 5.32 Å². The SMILES string of the molecule is O=C(O)C1CC=CCC1C(=O)Nc1ccncc1Br. The first kappa shape index (κ1) is 13.7. The Hall–Kier alpha value is -1.69. The highest BCUT2D eigenvalue weighted by molar-refractivity contribution is 9.10. The van der Waals surface area contributed by atoms with E-state index in [9.17, 15) is 9.59 Å². The van der Waals surface area contributed by atoms with Crippen molar-refractivity contribution < 1.29 is 14.7 Å². The maximum atomic E-state index is 12.2. The minimum absolute atomic E-state index is 0.274. The third kappa shape index (κ3) is 3.20. The Labute approximate surface area is 118 Å². The molecule has 2 unspecified atom stereocenters. The maximum Gasteiger partial charge on any atom is 0.307 e. The number of carbonyl (C=O) groups is 2. The van der Waals surface area contributed by atoms with Crippen LogP contribution in [0.1, 0.15) is 12.8 Å². The summed E-state index contributed by atoms with van der Waals surface area (Å²) in [7, 11) is 0. The molecule has 0 fully saturated rings. The third-order valence-corrected chi connectivity index (χ3v) is 3.75. The third-order valence-electron chi connectivity index (χ3n) is 3.12. The molecule has 0 spiro atoms. The van der Waals surface area contributed by atoms with E-state index in [0.717, 1.165) is 0 Å². The number of aliphatic carboxylic acids is 1. The molecule has 0 saturated carbocycles. The molecule has 0 saturated heterocycles. The largest absolute Gasteiger partial charge is 0.481 e. The van der Waals surface area contributed by atoms with Crippen molar-refractivity contribution in [3.8, 4) is 0 Å². The van der Waals surface area contributed by atoms with Crippen molar-refractivity contribution >= 4 is 33.5 Å². The lowest BCUT2D eigenvalue weighted by Gasteiger charge is -2.24. The van der Waals surface area contributed by atoms with Gasteiger partial charge in [-0.3, -0.25) is 14.6 Å². The zero-order valence-corrected chi connectivity index (χ0v) is 11.6. The van der Waals surface area contributed by atoms with Gasteiger partial charge in [-0.1, -0.05) is 12.2 Å². The van der Waals surface area contributed by atoms with Gasteiger partial charge in [0, 0.05) is 12.4 Å². The molecule has 0 aliphatic heterocycles. The fourth-order valence-electron chi connectivity index (χ4n) is 2.08. The van der Waals surface area contributed by atoms with Crippen LogP contribution in [0.4, 0.5) is 5.69 Å². The Morgan fingerprint density at radius 3 is 2.63 bits per heavy atom. The average Bonchev–Trinajstić information content (AvgIpc) is 2.41. The molecule has 19 heavy (non-hydrogen) atoms. The topological polar surface area (TPSA) is 79.3 Å². The molecule has 1 aromatic rings. The first-order valence-electron chi connectivity index (χ1n) is 5.87. The van der Waals surface area contributed by atoms with Gasteiger partial charge in [-0.15, -0.1) is 0 Å². The quantitative estimate of drug-likeness (QED) is 0.837. The molecule has 1 amide bonds. The molecule has 5 nitrogen and oxygen atoms in total. The highest BCUT2D eigenvalue weighted by atomic mass is 79.9. The number of hydrogen-bond donors (Lipinski definition) is 2. The van der Waals surface area contributed by atoms with Crippen LogP contribution in [0.3, 0.4) is 0 Å². The predicted molar refractivity (Wildman–Crippen MR) is 73.6 cm³/mol. The number of anilines is 1. The maximum absolute atomic E-state index is 12.2. The molecule has 2 N–H and O–H groups in total. The van der Waals surface area contributed by atoms with E-state index in [1.54, 1.807) is 18.5 Å². The minimum Gasteiger partial charge on any atom is -0.481 e. The van der Waals surface area contributed by atoms with E-state index < -0.39 is 17.8 Å². The Morgan fingerprint density at radius 2 is 2.00 bits per heavy atom. The van der Waals surface area contributed by atoms with Crippen molar-refractivity contribution in [2.24, 2.45) is 11.8 Å². The fourth-order valence-corrected chi connectivity index (χ4v) is 2.43. The van der Waals surface area contributed by atoms with Crippen molar-refractivity contribution in [1.82, 2.24) is 4.98 Å². The number of carboxylic acids is 1. The Morgan fingerprint density at radius 1 is 1.32 bits per heavy atom. The number of allylic oxidation sites excluding steroid dienone is 2. The predicted octanol–water partition coefficient (Wildman–Crippen LogP) is 2.45. The second-order valence-electron chi connectivity index (χ2n) is 4.34. The monoisotopic (exact) mass is 324 g/mol. The van der Waals surface area contributed by atoms with Gasteiger partial charge in [0.25, 0.3) is 0 Å². The normalized spacial score (nSPS) is 21.9. The zero-order chi connectivity index (χ0) is 13.8. The minimum atomic E-state index is -0.932. The van der Waals surface area contributed by atoms with E-state index >= 15 is 0 Å². The van der Waals surface area contributed by atoms with E-state index in [1.807, 2.05) is 12.2 Å². The molecule has 1 heterocycles. The summed E-state index contributed by atoms with van der Waals surface area (Å²) in [5.74, 6) is -2.41. The summed E-state index contributed by atoms with van der Waals surface area (Å²) in [5, 5.41) is 11.9. The van der Waals surface area contributed by atoms with Crippen LogP contribution in [0.25, 0.3) is 0 Å². The summed E-state index contributed by atoms with van der Waals surface area (Å²) < 4.78 is 0.668. The van der Waals surface area contributed by atoms with Crippen LogP contribution in [0.5, 0.6) is 0 Å². The van der Waals surface area contributed by atoms with E-state index in [2.05, 4.69) is 26.2 Å². The van der Waals surface area contributed by atoms with Crippen molar-refractivity contribution in [2.45, 2.75) is 12.8 Å². The molecule has 0 radical (unpaired) electrons. The molecule has 2 atom stereocenters. The number of nitrogens with one attached hydrogen (secondary N) is 1. The fraction of sp³-hybridized carbons (Fsp3) is 0.308. The first-order valence-corrected chi connectivity index (χ1v) is 6.67. The standard InChI is InChI=1S/C13H13BrN2O3/c14-10-7-15-6-5-11(10)16-12(17)8-3-1-2-4-9(8)13(18)19/h1-2,5-9H,3-4H2,(H,18,19)(H,15,16,17). The molecular formula is C13H13BrN2O3. The van der Waals surface area contributed by atoms with E-state index in [0.29, 0.717) is 23.0 Å². The van der Waals surface area contributed by atoms with Crippen LogP contribution in [0, 0.1) is 11.8 Å². The van der Waals surface area contributed by atoms with E-state index in [4.69, 9.17) is 5.11 Å². The van der Waals surface area contributed by atoms with Crippen LogP contribution in [-0.2, 0) is 9.59 Å². The number of rotatable bonds is 3. The Kier molecular flexibility index (Phi) is 4.31. The highest BCUT2D eigenvalue weighted by Gasteiger charge is 2.34. The van der Waals surface area contributed by atoms with Gasteiger partial charge in [-0.25, -0.2) is 0 Å². The number of aromatic nitrogens is 1. The van der Waals surface area contributed by atoms with Crippen LogP contribution in [0.2, 0.25) is 0 Å². The molecule has 100 valence electrons. The molecule has 0 bridgehead atoms. The van der Waals surface area contributed by atoms with Gasteiger partial charge in [0.1, 0.15) is 0 Å². The van der Waals surface area contributed by atoms with Gasteiger partial charge < -0.3 is 10.4 Å².